The van der Waals surface area contributed by atoms with Crippen molar-refractivity contribution >= 4 is 27.5 Å². The first-order valence-corrected chi connectivity index (χ1v) is 13.0. The Morgan fingerprint density at radius 1 is 1.06 bits per heavy atom. The predicted octanol–water partition coefficient (Wildman–Crippen LogP) is 4.17. The lowest BCUT2D eigenvalue weighted by molar-refractivity contribution is -0.122. The van der Waals surface area contributed by atoms with Crippen LogP contribution in [0.2, 0.25) is 0 Å². The van der Waals surface area contributed by atoms with Crippen molar-refractivity contribution < 1.29 is 22.4 Å². The van der Waals surface area contributed by atoms with Crippen molar-refractivity contribution in [2.75, 3.05) is 4.72 Å². The largest absolute Gasteiger partial charge is 0.467 e. The Morgan fingerprint density at radius 3 is 2.46 bits per heavy atom. The zero-order valence-electron chi connectivity index (χ0n) is 20.1. The normalized spacial score (nSPS) is 12.1. The van der Waals surface area contributed by atoms with Crippen LogP contribution in [0.1, 0.15) is 53.9 Å². The average molecular weight is 498 g/mol. The van der Waals surface area contributed by atoms with Gasteiger partial charge >= 0.3 is 0 Å². The molecule has 1 heterocycles. The van der Waals surface area contributed by atoms with E-state index in [4.69, 9.17) is 4.42 Å². The molecule has 9 heteroatoms. The van der Waals surface area contributed by atoms with Gasteiger partial charge < -0.3 is 15.1 Å². The Labute approximate surface area is 206 Å². The molecule has 0 fully saturated rings. The fraction of sp³-hybridized carbons (Fsp3) is 0.308. The minimum atomic E-state index is -3.93. The Bertz CT molecular complexity index is 1250. The van der Waals surface area contributed by atoms with E-state index in [1.54, 1.807) is 44.2 Å². The van der Waals surface area contributed by atoms with E-state index in [2.05, 4.69) is 22.3 Å². The molecule has 3 aromatic rings. The number of hydrogen-bond acceptors (Lipinski definition) is 5. The molecule has 0 radical (unpaired) electrons. The highest BCUT2D eigenvalue weighted by Gasteiger charge is 2.21. The number of carbonyl (C=O) groups excluding carboxylic acids is 2. The predicted molar refractivity (Wildman–Crippen MR) is 135 cm³/mol. The van der Waals surface area contributed by atoms with E-state index < -0.39 is 27.9 Å². The molecular formula is C26H31N3O5S. The van der Waals surface area contributed by atoms with Crippen LogP contribution in [-0.2, 0) is 27.8 Å². The van der Waals surface area contributed by atoms with Crippen molar-refractivity contribution in [3.63, 3.8) is 0 Å². The monoisotopic (exact) mass is 497 g/mol. The van der Waals surface area contributed by atoms with Crippen LogP contribution in [0.5, 0.6) is 0 Å². The van der Waals surface area contributed by atoms with E-state index in [-0.39, 0.29) is 17.0 Å². The van der Waals surface area contributed by atoms with Crippen molar-refractivity contribution in [1.29, 1.82) is 0 Å². The van der Waals surface area contributed by atoms with E-state index in [0.29, 0.717) is 17.0 Å². The number of anilines is 1. The van der Waals surface area contributed by atoms with Gasteiger partial charge in [-0.25, -0.2) is 8.42 Å². The molecule has 35 heavy (non-hydrogen) atoms. The molecule has 0 aliphatic rings. The van der Waals surface area contributed by atoms with Gasteiger partial charge in [-0.3, -0.25) is 14.3 Å². The smallest absolute Gasteiger partial charge is 0.262 e. The number of hydrogen-bond donors (Lipinski definition) is 3. The van der Waals surface area contributed by atoms with Crippen molar-refractivity contribution in [3.05, 3.63) is 83.3 Å². The maximum atomic E-state index is 13.1. The van der Waals surface area contributed by atoms with Crippen molar-refractivity contribution in [2.24, 2.45) is 0 Å². The van der Waals surface area contributed by atoms with Gasteiger partial charge in [0.2, 0.25) is 5.91 Å². The summed E-state index contributed by atoms with van der Waals surface area (Å²) < 4.78 is 33.9. The third kappa shape index (κ3) is 7.19. The van der Waals surface area contributed by atoms with Crippen molar-refractivity contribution in [2.45, 2.75) is 57.5 Å². The summed E-state index contributed by atoms with van der Waals surface area (Å²) in [5, 5.41) is 5.28. The molecule has 2 amide bonds. The number of unbranched alkanes of at least 4 members (excludes halogenated alkanes) is 1. The number of nitrogens with one attached hydrogen (secondary N) is 3. The van der Waals surface area contributed by atoms with Crippen LogP contribution < -0.4 is 15.4 Å². The standard InChI is InChI=1S/C26H31N3O5S/c1-4-5-7-20-10-13-22(14-11-20)29-35(32,33)24-16-21(12-9-18(24)2)26(31)28-19(3)25(30)27-17-23-8-6-15-34-23/h6,8-16,19,29H,4-5,7,17H2,1-3H3,(H,27,30)(H,28,31). The first-order chi connectivity index (χ1) is 16.7. The fourth-order valence-corrected chi connectivity index (χ4v) is 4.78. The Hall–Kier alpha value is -3.59. The van der Waals surface area contributed by atoms with Gasteiger partial charge in [0.1, 0.15) is 11.8 Å². The highest BCUT2D eigenvalue weighted by Crippen LogP contribution is 2.22. The number of rotatable bonds is 11. The maximum Gasteiger partial charge on any atom is 0.262 e. The van der Waals surface area contributed by atoms with Gasteiger partial charge in [-0.15, -0.1) is 0 Å². The summed E-state index contributed by atoms with van der Waals surface area (Å²) in [6.07, 6.45) is 4.61. The zero-order chi connectivity index (χ0) is 25.4. The first-order valence-electron chi connectivity index (χ1n) is 11.5. The summed E-state index contributed by atoms with van der Waals surface area (Å²) in [5.74, 6) is -0.352. The zero-order valence-corrected chi connectivity index (χ0v) is 20.9. The van der Waals surface area contributed by atoms with Gasteiger partial charge in [0.25, 0.3) is 15.9 Å². The van der Waals surface area contributed by atoms with E-state index in [9.17, 15) is 18.0 Å². The number of aryl methyl sites for hydroxylation is 2. The molecule has 3 rings (SSSR count). The van der Waals surface area contributed by atoms with Gasteiger partial charge in [0, 0.05) is 11.3 Å². The number of amides is 2. The second kappa shape index (κ2) is 11.7. The van der Waals surface area contributed by atoms with Gasteiger partial charge in [-0.05, 0) is 74.2 Å². The molecular weight excluding hydrogens is 466 g/mol. The Balaban J connectivity index is 1.67. The molecule has 0 spiro atoms. The molecule has 0 bridgehead atoms. The minimum absolute atomic E-state index is 0.00451. The molecule has 0 aliphatic heterocycles. The lowest BCUT2D eigenvalue weighted by atomic mass is 10.1. The molecule has 0 aliphatic carbocycles. The summed E-state index contributed by atoms with van der Waals surface area (Å²) >= 11 is 0. The Kier molecular flexibility index (Phi) is 8.70. The third-order valence-electron chi connectivity index (χ3n) is 5.52. The minimum Gasteiger partial charge on any atom is -0.467 e. The molecule has 1 aromatic heterocycles. The van der Waals surface area contributed by atoms with Crippen LogP contribution >= 0.6 is 0 Å². The number of benzene rings is 2. The van der Waals surface area contributed by atoms with E-state index in [1.165, 1.54) is 18.4 Å². The van der Waals surface area contributed by atoms with Crippen LogP contribution in [0.15, 0.2) is 70.2 Å². The van der Waals surface area contributed by atoms with Crippen LogP contribution in [0.4, 0.5) is 5.69 Å². The molecule has 0 saturated carbocycles. The van der Waals surface area contributed by atoms with Crippen LogP contribution in [0.25, 0.3) is 0 Å². The summed E-state index contributed by atoms with van der Waals surface area (Å²) in [6, 6.07) is 14.3. The second-order valence-corrected chi connectivity index (χ2v) is 10.0. The topological polar surface area (TPSA) is 118 Å². The van der Waals surface area contributed by atoms with Crippen molar-refractivity contribution in [1.82, 2.24) is 10.6 Å². The molecule has 1 atom stereocenters. The van der Waals surface area contributed by atoms with Crippen LogP contribution in [0, 0.1) is 6.92 Å². The van der Waals surface area contributed by atoms with E-state index >= 15 is 0 Å². The Morgan fingerprint density at radius 2 is 1.80 bits per heavy atom. The van der Waals surface area contributed by atoms with Gasteiger partial charge in [-0.2, -0.15) is 0 Å². The summed E-state index contributed by atoms with van der Waals surface area (Å²) in [6.45, 7) is 5.53. The summed E-state index contributed by atoms with van der Waals surface area (Å²) in [7, 11) is -3.93. The number of sulfonamides is 1. The number of furan rings is 1. The van der Waals surface area contributed by atoms with Crippen LogP contribution in [-0.4, -0.2) is 26.3 Å². The second-order valence-electron chi connectivity index (χ2n) is 8.38. The highest BCUT2D eigenvalue weighted by molar-refractivity contribution is 7.92. The SMILES string of the molecule is CCCCc1ccc(NS(=O)(=O)c2cc(C(=O)NC(C)C(=O)NCc3ccco3)ccc2C)cc1. The number of carbonyl (C=O) groups is 2. The molecule has 3 N–H and O–H groups in total. The van der Waals surface area contributed by atoms with Gasteiger partial charge in [-0.1, -0.05) is 31.5 Å². The summed E-state index contributed by atoms with van der Waals surface area (Å²) in [4.78, 5) is 25.0. The molecule has 8 nitrogen and oxygen atoms in total. The molecule has 186 valence electrons. The van der Waals surface area contributed by atoms with E-state index in [0.717, 1.165) is 24.8 Å². The lowest BCUT2D eigenvalue weighted by Crippen LogP contribution is -2.44. The van der Waals surface area contributed by atoms with Crippen molar-refractivity contribution in [3.8, 4) is 0 Å². The average Bonchev–Trinajstić information content (AvgIpc) is 3.35. The molecule has 0 saturated heterocycles. The third-order valence-corrected chi connectivity index (χ3v) is 7.05. The van der Waals surface area contributed by atoms with E-state index in [1.807, 2.05) is 12.1 Å². The summed E-state index contributed by atoms with van der Waals surface area (Å²) in [5.41, 5.74) is 2.22. The van der Waals surface area contributed by atoms with Gasteiger partial charge in [0.05, 0.1) is 17.7 Å². The lowest BCUT2D eigenvalue weighted by Gasteiger charge is -2.15. The van der Waals surface area contributed by atoms with Crippen LogP contribution in [0.3, 0.4) is 0 Å². The highest BCUT2D eigenvalue weighted by atomic mass is 32.2. The first kappa shape index (κ1) is 26.0. The molecule has 2 aromatic carbocycles. The quantitative estimate of drug-likeness (QED) is 0.368. The fourth-order valence-electron chi connectivity index (χ4n) is 3.45. The molecule has 1 unspecified atom stereocenters. The van der Waals surface area contributed by atoms with Gasteiger partial charge in [0.15, 0.2) is 0 Å². The maximum absolute atomic E-state index is 13.1.